The van der Waals surface area contributed by atoms with Crippen molar-refractivity contribution in [3.8, 4) is 28.7 Å². The van der Waals surface area contributed by atoms with E-state index in [0.29, 0.717) is 53.4 Å². The molecule has 2 aliphatic heterocycles. The number of aliphatic hydroxyl groups excluding tert-OH is 1. The van der Waals surface area contributed by atoms with Gasteiger partial charge >= 0.3 is 0 Å². The first-order valence-electron chi connectivity index (χ1n) is 23.2. The standard InChI is InChI=1S/C54H55N3O6/c58-41-18-11-31(25-44(41)61)9-16-38-39-6-1-7-42(59)46(39)49(63)48(62)40(38)17-10-30-8-15-37-32(24-30)12-13-33-26-34-27-36-5-3-21-53(36)23-22-52-20-2-4-35(52)14-19-43(60)50(52)54(53,45-28-55-29-56-45)51(34)57-47(33)37/h1,6-9,11,14-16,18-19,24-28,35-36,43,47,50-51,57-63H,2-5,10,12-13,17,20-23,29H2/t35-,36-,43+,47-,50?,51+,52+,53+,54-/m0/s1. The van der Waals surface area contributed by atoms with Gasteiger partial charge in [-0.05, 0) is 149 Å². The fourth-order valence-electron chi connectivity index (χ4n) is 15.1. The van der Waals surface area contributed by atoms with E-state index in [4.69, 9.17) is 9.98 Å². The number of phenolic OH excluding ortho intramolecular Hbond substituents is 5. The normalized spacial score (nSPS) is 33.4. The summed E-state index contributed by atoms with van der Waals surface area (Å²) in [5.41, 5.74) is 9.19. The molecule has 0 radical (unpaired) electrons. The number of hydrogen-bond acceptors (Lipinski definition) is 9. The molecule has 12 rings (SSSR count). The van der Waals surface area contributed by atoms with Gasteiger partial charge in [0.15, 0.2) is 23.0 Å². The number of aromatic hydroxyl groups is 5. The fourth-order valence-corrected chi connectivity index (χ4v) is 15.1. The number of aliphatic imine (C=N–C) groups is 2. The summed E-state index contributed by atoms with van der Waals surface area (Å²) in [6.07, 6.45) is 27.3. The first-order valence-corrected chi connectivity index (χ1v) is 23.2. The Morgan fingerprint density at radius 3 is 2.52 bits per heavy atom. The van der Waals surface area contributed by atoms with Gasteiger partial charge in [-0.15, -0.1) is 0 Å². The van der Waals surface area contributed by atoms with Gasteiger partial charge in [-0.2, -0.15) is 0 Å². The van der Waals surface area contributed by atoms with E-state index in [2.05, 4.69) is 54.0 Å². The molecule has 0 amide bonds. The van der Waals surface area contributed by atoms with Gasteiger partial charge in [-0.25, -0.2) is 0 Å². The monoisotopic (exact) mass is 841 g/mol. The Balaban J connectivity index is 0.907. The Morgan fingerprint density at radius 1 is 0.794 bits per heavy atom. The van der Waals surface area contributed by atoms with E-state index in [0.717, 1.165) is 30.5 Å². The Hall–Kier alpha value is -5.64. The van der Waals surface area contributed by atoms with Crippen LogP contribution in [0.3, 0.4) is 0 Å². The first-order chi connectivity index (χ1) is 30.6. The van der Waals surface area contributed by atoms with Crippen molar-refractivity contribution in [2.45, 2.75) is 95.2 Å². The zero-order valence-corrected chi connectivity index (χ0v) is 35.5. The van der Waals surface area contributed by atoms with E-state index < -0.39 is 6.10 Å². The lowest BCUT2D eigenvalue weighted by Crippen LogP contribution is -2.74. The summed E-state index contributed by atoms with van der Waals surface area (Å²) in [6, 6.07) is 16.4. The van der Waals surface area contributed by atoms with Gasteiger partial charge in [0.25, 0.3) is 0 Å². The van der Waals surface area contributed by atoms with Crippen LogP contribution in [0.5, 0.6) is 28.7 Å². The molecular formula is C54H55N3O6. The quantitative estimate of drug-likeness (QED) is 0.0579. The van der Waals surface area contributed by atoms with E-state index >= 15 is 0 Å². The molecule has 9 heteroatoms. The predicted molar refractivity (Wildman–Crippen MR) is 246 cm³/mol. The second kappa shape index (κ2) is 14.2. The molecule has 0 saturated heterocycles. The maximum Gasteiger partial charge on any atom is 0.169 e. The third kappa shape index (κ3) is 5.42. The van der Waals surface area contributed by atoms with Crippen molar-refractivity contribution in [2.24, 2.45) is 44.0 Å². The lowest BCUT2D eigenvalue weighted by Gasteiger charge is -2.71. The summed E-state index contributed by atoms with van der Waals surface area (Å²) >= 11 is 0. The number of rotatable bonds is 6. The van der Waals surface area contributed by atoms with E-state index in [1.54, 1.807) is 18.2 Å². The molecule has 1 unspecified atom stereocenters. The minimum atomic E-state index is -0.533. The topological polar surface area (TPSA) is 158 Å². The molecule has 3 fully saturated rings. The van der Waals surface area contributed by atoms with Crippen LogP contribution in [0.4, 0.5) is 0 Å². The molecule has 7 N–H and O–H groups in total. The third-order valence-corrected chi connectivity index (χ3v) is 17.5. The molecule has 322 valence electrons. The van der Waals surface area contributed by atoms with Gasteiger partial charge in [0.2, 0.25) is 0 Å². The van der Waals surface area contributed by atoms with Crippen LogP contribution in [-0.2, 0) is 19.3 Å². The molecule has 63 heavy (non-hydrogen) atoms. The number of fused-ring (bicyclic) bond motifs is 7. The zero-order chi connectivity index (χ0) is 42.8. The molecule has 2 spiro atoms. The number of phenols is 5. The third-order valence-electron chi connectivity index (χ3n) is 17.5. The molecule has 3 saturated carbocycles. The molecular weight excluding hydrogens is 787 g/mol. The van der Waals surface area contributed by atoms with Crippen LogP contribution in [0.25, 0.3) is 22.9 Å². The minimum absolute atomic E-state index is 0.000821. The number of aliphatic hydroxyl groups is 1. The molecule has 8 aliphatic rings. The average molecular weight is 842 g/mol. The van der Waals surface area contributed by atoms with Crippen LogP contribution in [0.1, 0.15) is 97.2 Å². The van der Waals surface area contributed by atoms with Gasteiger partial charge in [0.05, 0.1) is 23.2 Å². The summed E-state index contributed by atoms with van der Waals surface area (Å²) in [6.45, 7) is 0.467. The zero-order valence-electron chi connectivity index (χ0n) is 35.5. The van der Waals surface area contributed by atoms with Crippen LogP contribution < -0.4 is 5.32 Å². The number of benzene rings is 4. The largest absolute Gasteiger partial charge is 0.507 e. The summed E-state index contributed by atoms with van der Waals surface area (Å²) < 4.78 is 0. The highest BCUT2D eigenvalue weighted by Gasteiger charge is 2.76. The molecule has 9 atom stereocenters. The summed E-state index contributed by atoms with van der Waals surface area (Å²) in [5.74, 6) is -0.212. The average Bonchev–Trinajstić information content (AvgIpc) is 4.07. The van der Waals surface area contributed by atoms with Crippen LogP contribution in [0, 0.1) is 34.0 Å². The van der Waals surface area contributed by atoms with Crippen molar-refractivity contribution in [1.82, 2.24) is 5.32 Å². The highest BCUT2D eigenvalue weighted by Crippen LogP contribution is 2.77. The van der Waals surface area contributed by atoms with E-state index in [1.807, 2.05) is 12.1 Å². The Morgan fingerprint density at radius 2 is 1.67 bits per heavy atom. The predicted octanol–water partition coefficient (Wildman–Crippen LogP) is 9.53. The van der Waals surface area contributed by atoms with Crippen molar-refractivity contribution in [1.29, 1.82) is 0 Å². The molecule has 4 aromatic rings. The molecule has 0 aromatic heterocycles. The number of allylic oxidation sites excluding steroid dienone is 2. The van der Waals surface area contributed by atoms with E-state index in [1.165, 1.54) is 85.4 Å². The van der Waals surface area contributed by atoms with E-state index in [9.17, 15) is 30.6 Å². The van der Waals surface area contributed by atoms with Gasteiger partial charge in [-0.3, -0.25) is 15.3 Å². The highest BCUT2D eigenvalue weighted by atomic mass is 16.3. The van der Waals surface area contributed by atoms with Crippen LogP contribution in [-0.4, -0.2) is 61.4 Å². The number of aryl methyl sites for hydroxylation is 2. The van der Waals surface area contributed by atoms with Gasteiger partial charge < -0.3 is 30.6 Å². The summed E-state index contributed by atoms with van der Waals surface area (Å²) in [5, 5.41) is 71.2. The first kappa shape index (κ1) is 39.0. The van der Waals surface area contributed by atoms with Crippen molar-refractivity contribution in [3.63, 3.8) is 0 Å². The highest BCUT2D eigenvalue weighted by molar-refractivity contribution is 6.35. The number of nitrogens with one attached hydrogen (secondary N) is 1. The maximum atomic E-state index is 12.5. The maximum absolute atomic E-state index is 12.5. The Kier molecular flexibility index (Phi) is 8.78. The van der Waals surface area contributed by atoms with Crippen LogP contribution in [0.2, 0.25) is 0 Å². The van der Waals surface area contributed by atoms with Crippen molar-refractivity contribution < 1.29 is 30.6 Å². The van der Waals surface area contributed by atoms with Gasteiger partial charge in [0.1, 0.15) is 12.4 Å². The van der Waals surface area contributed by atoms with Crippen LogP contribution in [0.15, 0.2) is 100 Å². The molecule has 0 bridgehead atoms. The fraction of sp³-hybridized carbons (Fsp3) is 0.407. The lowest BCUT2D eigenvalue weighted by atomic mass is 9.34. The molecule has 6 aliphatic carbocycles. The smallest absolute Gasteiger partial charge is 0.169 e. The molecule has 2 heterocycles. The number of nitrogens with zero attached hydrogens (tertiary/aromatic N) is 2. The lowest BCUT2D eigenvalue weighted by molar-refractivity contribution is -0.167. The summed E-state index contributed by atoms with van der Waals surface area (Å²) in [4.78, 5) is 10.1. The number of hydrogen-bond donors (Lipinski definition) is 7. The van der Waals surface area contributed by atoms with E-state index in [-0.39, 0.29) is 68.4 Å². The second-order valence-corrected chi connectivity index (χ2v) is 19.9. The van der Waals surface area contributed by atoms with Gasteiger partial charge in [-0.1, -0.05) is 85.7 Å². The summed E-state index contributed by atoms with van der Waals surface area (Å²) in [7, 11) is 0. The SMILES string of the molecule is Oc1ccc(C=Cc2c(CCc3ccc4c(c3)CCC3=CC5=C[C@@H]6CCC[C@@]67CC[C@]68CCC[C@H]6C=C[C@@H](O)C8[C@@]7(C6=NCN=C6)[C@@H]5N[C@@H]34)c(O)c(O)c3c(O)cccc23)cc1O. The van der Waals surface area contributed by atoms with Crippen molar-refractivity contribution >= 4 is 34.9 Å². The molecule has 9 nitrogen and oxygen atoms in total. The Bertz CT molecular complexity index is 2800. The second-order valence-electron chi connectivity index (χ2n) is 19.9. The van der Waals surface area contributed by atoms with Crippen molar-refractivity contribution in [2.75, 3.05) is 6.67 Å². The van der Waals surface area contributed by atoms with Crippen LogP contribution >= 0.6 is 0 Å². The minimum Gasteiger partial charge on any atom is -0.507 e. The van der Waals surface area contributed by atoms with Gasteiger partial charge in [0, 0.05) is 29.2 Å². The molecule has 4 aromatic carbocycles. The Labute approximate surface area is 367 Å². The van der Waals surface area contributed by atoms with Crippen molar-refractivity contribution in [3.05, 3.63) is 123 Å².